The lowest BCUT2D eigenvalue weighted by atomic mass is 9.93. The van der Waals surface area contributed by atoms with Crippen molar-refractivity contribution in [1.29, 1.82) is 0 Å². The third-order valence-corrected chi connectivity index (χ3v) is 4.46. The minimum Gasteiger partial charge on any atom is -0.481 e. The normalized spacial score (nSPS) is 20.6. The molecular formula is C15H13ClN6O2. The second-order valence-electron chi connectivity index (χ2n) is 5.68. The van der Waals surface area contributed by atoms with E-state index in [4.69, 9.17) is 11.6 Å². The van der Waals surface area contributed by atoms with Gasteiger partial charge in [-0.3, -0.25) is 9.78 Å². The summed E-state index contributed by atoms with van der Waals surface area (Å²) in [6, 6.07) is 7.13. The van der Waals surface area contributed by atoms with Crippen LogP contribution in [0.3, 0.4) is 0 Å². The van der Waals surface area contributed by atoms with Crippen LogP contribution in [0.4, 0.5) is 5.82 Å². The fourth-order valence-corrected chi connectivity index (χ4v) is 3.15. The molecule has 4 rings (SSSR count). The van der Waals surface area contributed by atoms with Gasteiger partial charge in [0.1, 0.15) is 12.1 Å². The number of carboxylic acid groups (broad SMARTS) is 1. The van der Waals surface area contributed by atoms with Gasteiger partial charge in [-0.05, 0) is 24.3 Å². The standard InChI is InChI=1S/C15H13ClN6O2/c16-9-1-2-12(17-5-9)10-6-21(7-11(10)15(23)24)14-4-3-13-19-18-8-22(13)20-14/h1-5,8,10-11H,6-7H2,(H,23,24). The molecule has 1 aliphatic rings. The van der Waals surface area contributed by atoms with Gasteiger partial charge in [0.25, 0.3) is 0 Å². The molecule has 8 nitrogen and oxygen atoms in total. The Morgan fingerprint density at radius 2 is 2.12 bits per heavy atom. The van der Waals surface area contributed by atoms with Gasteiger partial charge in [0.2, 0.25) is 0 Å². The molecule has 9 heteroatoms. The number of hydrogen-bond acceptors (Lipinski definition) is 6. The molecule has 122 valence electrons. The monoisotopic (exact) mass is 344 g/mol. The predicted octanol–water partition coefficient (Wildman–Crippen LogP) is 1.48. The number of anilines is 1. The number of aliphatic carboxylic acids is 1. The zero-order valence-corrected chi connectivity index (χ0v) is 13.2. The van der Waals surface area contributed by atoms with E-state index in [2.05, 4.69) is 20.3 Å². The number of nitrogens with zero attached hydrogens (tertiary/aromatic N) is 6. The predicted molar refractivity (Wildman–Crippen MR) is 86.1 cm³/mol. The van der Waals surface area contributed by atoms with Gasteiger partial charge in [-0.25, -0.2) is 0 Å². The van der Waals surface area contributed by atoms with Gasteiger partial charge in [0.05, 0.1) is 10.9 Å². The van der Waals surface area contributed by atoms with E-state index in [1.54, 1.807) is 28.9 Å². The number of aromatic nitrogens is 5. The minimum absolute atomic E-state index is 0.224. The van der Waals surface area contributed by atoms with Crippen molar-refractivity contribution in [2.75, 3.05) is 18.0 Å². The van der Waals surface area contributed by atoms with Gasteiger partial charge in [0, 0.05) is 30.9 Å². The molecule has 1 aliphatic heterocycles. The molecule has 1 fully saturated rings. The fraction of sp³-hybridized carbons (Fsp3) is 0.267. The molecule has 0 aliphatic carbocycles. The number of pyridine rings is 1. The summed E-state index contributed by atoms with van der Waals surface area (Å²) in [7, 11) is 0. The van der Waals surface area contributed by atoms with Gasteiger partial charge in [-0.15, -0.1) is 15.3 Å². The molecule has 2 unspecified atom stereocenters. The molecular weight excluding hydrogens is 332 g/mol. The quantitative estimate of drug-likeness (QED) is 0.768. The highest BCUT2D eigenvalue weighted by Gasteiger charge is 2.40. The maximum atomic E-state index is 11.7. The smallest absolute Gasteiger partial charge is 0.309 e. The largest absolute Gasteiger partial charge is 0.481 e. The SMILES string of the molecule is O=C(O)C1CN(c2ccc3nncn3n2)CC1c1ccc(Cl)cn1. The van der Waals surface area contributed by atoms with E-state index in [9.17, 15) is 9.90 Å². The Bertz CT molecular complexity index is 896. The molecule has 0 radical (unpaired) electrons. The summed E-state index contributed by atoms with van der Waals surface area (Å²) in [5.41, 5.74) is 1.36. The Morgan fingerprint density at radius 1 is 1.25 bits per heavy atom. The topological polar surface area (TPSA) is 96.5 Å². The van der Waals surface area contributed by atoms with Crippen LogP contribution < -0.4 is 4.90 Å². The Hall–Kier alpha value is -2.74. The van der Waals surface area contributed by atoms with E-state index in [1.807, 2.05) is 11.0 Å². The molecule has 3 aromatic heterocycles. The molecule has 0 amide bonds. The van der Waals surface area contributed by atoms with Gasteiger partial charge < -0.3 is 10.0 Å². The minimum atomic E-state index is -0.843. The van der Waals surface area contributed by atoms with Crippen molar-refractivity contribution >= 4 is 29.0 Å². The van der Waals surface area contributed by atoms with Crippen LogP contribution in [0.15, 0.2) is 36.8 Å². The number of carboxylic acids is 1. The van der Waals surface area contributed by atoms with Crippen molar-refractivity contribution in [3.63, 3.8) is 0 Å². The lowest BCUT2D eigenvalue weighted by Gasteiger charge is -2.16. The number of halogens is 1. The van der Waals surface area contributed by atoms with Gasteiger partial charge in [-0.1, -0.05) is 11.6 Å². The molecule has 1 saturated heterocycles. The summed E-state index contributed by atoms with van der Waals surface area (Å²) in [5.74, 6) is -0.940. The van der Waals surface area contributed by atoms with Crippen molar-refractivity contribution in [3.8, 4) is 0 Å². The first kappa shape index (κ1) is 14.8. The van der Waals surface area contributed by atoms with Crippen LogP contribution in [-0.4, -0.2) is 49.0 Å². The summed E-state index contributed by atoms with van der Waals surface area (Å²) >= 11 is 5.87. The highest BCUT2D eigenvalue weighted by molar-refractivity contribution is 6.30. The maximum Gasteiger partial charge on any atom is 0.309 e. The van der Waals surface area contributed by atoms with E-state index in [-0.39, 0.29) is 5.92 Å². The number of carbonyl (C=O) groups is 1. The molecule has 0 bridgehead atoms. The molecule has 24 heavy (non-hydrogen) atoms. The van der Waals surface area contributed by atoms with Crippen molar-refractivity contribution in [2.45, 2.75) is 5.92 Å². The van der Waals surface area contributed by atoms with Crippen molar-refractivity contribution in [1.82, 2.24) is 24.8 Å². The summed E-state index contributed by atoms with van der Waals surface area (Å²) in [6.45, 7) is 0.886. The Morgan fingerprint density at radius 3 is 2.88 bits per heavy atom. The van der Waals surface area contributed by atoms with Crippen LogP contribution in [0, 0.1) is 5.92 Å². The Balaban J connectivity index is 1.66. The first-order valence-electron chi connectivity index (χ1n) is 7.38. The van der Waals surface area contributed by atoms with Crippen LogP contribution >= 0.6 is 11.6 Å². The average Bonchev–Trinajstić information content (AvgIpc) is 3.21. The lowest BCUT2D eigenvalue weighted by molar-refractivity contribution is -0.141. The van der Waals surface area contributed by atoms with Crippen LogP contribution in [0.25, 0.3) is 5.65 Å². The third kappa shape index (κ3) is 2.54. The van der Waals surface area contributed by atoms with E-state index in [0.29, 0.717) is 29.6 Å². The second kappa shape index (κ2) is 5.72. The first-order chi connectivity index (χ1) is 11.6. The van der Waals surface area contributed by atoms with Gasteiger partial charge >= 0.3 is 5.97 Å². The van der Waals surface area contributed by atoms with Crippen LogP contribution in [0.5, 0.6) is 0 Å². The van der Waals surface area contributed by atoms with Crippen molar-refractivity contribution in [3.05, 3.63) is 47.5 Å². The maximum absolute atomic E-state index is 11.7. The number of rotatable bonds is 3. The summed E-state index contributed by atoms with van der Waals surface area (Å²) in [4.78, 5) is 17.9. The molecule has 2 atom stereocenters. The van der Waals surface area contributed by atoms with Crippen molar-refractivity contribution in [2.24, 2.45) is 5.92 Å². The average molecular weight is 345 g/mol. The molecule has 4 heterocycles. The summed E-state index contributed by atoms with van der Waals surface area (Å²) in [5, 5.41) is 22.3. The number of hydrogen-bond donors (Lipinski definition) is 1. The summed E-state index contributed by atoms with van der Waals surface area (Å²) in [6.07, 6.45) is 3.06. The lowest BCUT2D eigenvalue weighted by Crippen LogP contribution is -2.24. The van der Waals surface area contributed by atoms with Crippen LogP contribution in [-0.2, 0) is 4.79 Å². The van der Waals surface area contributed by atoms with Gasteiger partial charge in [0.15, 0.2) is 5.65 Å². The highest BCUT2D eigenvalue weighted by Crippen LogP contribution is 2.34. The zero-order valence-electron chi connectivity index (χ0n) is 12.4. The van der Waals surface area contributed by atoms with E-state index in [0.717, 1.165) is 5.69 Å². The van der Waals surface area contributed by atoms with Gasteiger partial charge in [-0.2, -0.15) is 4.52 Å². The molecule has 3 aromatic rings. The van der Waals surface area contributed by atoms with Crippen LogP contribution in [0.2, 0.25) is 5.02 Å². The molecule has 1 N–H and O–H groups in total. The molecule has 0 saturated carbocycles. The second-order valence-corrected chi connectivity index (χ2v) is 6.12. The Kier molecular flexibility index (Phi) is 3.53. The Labute approximate surface area is 141 Å². The first-order valence-corrected chi connectivity index (χ1v) is 7.76. The number of fused-ring (bicyclic) bond motifs is 1. The third-order valence-electron chi connectivity index (χ3n) is 4.24. The zero-order chi connectivity index (χ0) is 16.7. The highest BCUT2D eigenvalue weighted by atomic mass is 35.5. The van der Waals surface area contributed by atoms with E-state index in [1.165, 1.54) is 6.33 Å². The fourth-order valence-electron chi connectivity index (χ4n) is 3.03. The van der Waals surface area contributed by atoms with Crippen molar-refractivity contribution < 1.29 is 9.90 Å². The molecule has 0 spiro atoms. The van der Waals surface area contributed by atoms with Crippen LogP contribution in [0.1, 0.15) is 11.6 Å². The summed E-state index contributed by atoms with van der Waals surface area (Å²) < 4.78 is 1.57. The molecule has 0 aromatic carbocycles. The van der Waals surface area contributed by atoms with E-state index < -0.39 is 11.9 Å². The van der Waals surface area contributed by atoms with E-state index >= 15 is 0 Å².